The predicted molar refractivity (Wildman–Crippen MR) is 46.4 cm³/mol. The van der Waals surface area contributed by atoms with Gasteiger partial charge in [0.1, 0.15) is 0 Å². The minimum absolute atomic E-state index is 0.0417. The van der Waals surface area contributed by atoms with Crippen molar-refractivity contribution in [2.75, 3.05) is 0 Å². The highest BCUT2D eigenvalue weighted by Gasteiger charge is 2.03. The topological polar surface area (TPSA) is 63.3 Å². The zero-order valence-corrected chi connectivity index (χ0v) is 7.42. The molecule has 0 saturated carbocycles. The summed E-state index contributed by atoms with van der Waals surface area (Å²) in [6, 6.07) is 0. The molecule has 0 fully saturated rings. The molecule has 0 aromatic carbocycles. The van der Waals surface area contributed by atoms with Gasteiger partial charge in [-0.25, -0.2) is 4.79 Å². The Kier molecular flexibility index (Phi) is 6.89. The molecule has 0 rings (SSSR count). The van der Waals surface area contributed by atoms with Gasteiger partial charge in [0.2, 0.25) is 0 Å². The third-order valence-electron chi connectivity index (χ3n) is 1.09. The van der Waals surface area contributed by atoms with Crippen LogP contribution in [0.4, 0.5) is 0 Å². The van der Waals surface area contributed by atoms with Gasteiger partial charge in [-0.05, 0) is 20.3 Å². The van der Waals surface area contributed by atoms with Gasteiger partial charge in [-0.1, -0.05) is 13.5 Å². The molecule has 0 aromatic heterocycles. The fraction of sp³-hybridized carbons (Fsp3) is 0.625. The Bertz CT molecular complexity index is 125. The predicted octanol–water partition coefficient (Wildman–Crippen LogP) is 1.39. The minimum Gasteiger partial charge on any atom is -0.478 e. The molecule has 0 atom stereocenters. The molecule has 11 heavy (non-hydrogen) atoms. The molecule has 66 valence electrons. The molecule has 0 radical (unpaired) electrons. The second-order valence-electron chi connectivity index (χ2n) is 2.88. The number of rotatable bonds is 2. The summed E-state index contributed by atoms with van der Waals surface area (Å²) in [5.41, 5.74) is 5.58. The quantitative estimate of drug-likeness (QED) is 0.598. The summed E-state index contributed by atoms with van der Waals surface area (Å²) in [4.78, 5) is 9.25. The number of hydrogen-bond acceptors (Lipinski definition) is 2. The Labute approximate surface area is 67.9 Å². The first-order valence-electron chi connectivity index (χ1n) is 3.47. The highest BCUT2D eigenvalue weighted by Crippen LogP contribution is 1.99. The molecule has 0 aliphatic rings. The normalized spacial score (nSPS) is 9.45. The molecule has 0 unspecified atom stereocenters. The lowest BCUT2D eigenvalue weighted by atomic mass is 10.1. The van der Waals surface area contributed by atoms with E-state index in [0.29, 0.717) is 0 Å². The van der Waals surface area contributed by atoms with Crippen molar-refractivity contribution in [2.45, 2.75) is 32.7 Å². The Balaban J connectivity index is 0. The zero-order chi connectivity index (χ0) is 9.49. The van der Waals surface area contributed by atoms with Crippen LogP contribution in [0.2, 0.25) is 0 Å². The average molecular weight is 159 g/mol. The molecule has 0 amide bonds. The van der Waals surface area contributed by atoms with Gasteiger partial charge in [0, 0.05) is 11.6 Å². The maximum atomic E-state index is 9.25. The standard InChI is InChI=1S/C5H13N.C3H4O2/c1-4-5(2,3)6;1-2-3(4)5/h4,6H2,1-3H3;2H,1H2,(H,4,5). The van der Waals surface area contributed by atoms with Gasteiger partial charge in [-0.15, -0.1) is 0 Å². The van der Waals surface area contributed by atoms with Crippen LogP contribution in [-0.2, 0) is 4.79 Å². The van der Waals surface area contributed by atoms with E-state index >= 15 is 0 Å². The summed E-state index contributed by atoms with van der Waals surface area (Å²) < 4.78 is 0. The van der Waals surface area contributed by atoms with Gasteiger partial charge in [0.05, 0.1) is 0 Å². The van der Waals surface area contributed by atoms with Crippen molar-refractivity contribution < 1.29 is 9.90 Å². The number of carboxylic acid groups (broad SMARTS) is 1. The molecular weight excluding hydrogens is 142 g/mol. The van der Waals surface area contributed by atoms with Crippen molar-refractivity contribution >= 4 is 5.97 Å². The molecular formula is C8H17NO2. The number of carbonyl (C=O) groups is 1. The van der Waals surface area contributed by atoms with Crippen LogP contribution in [0.1, 0.15) is 27.2 Å². The lowest BCUT2D eigenvalue weighted by Gasteiger charge is -2.13. The van der Waals surface area contributed by atoms with Crippen LogP contribution in [0.3, 0.4) is 0 Å². The van der Waals surface area contributed by atoms with Crippen molar-refractivity contribution in [1.82, 2.24) is 0 Å². The van der Waals surface area contributed by atoms with Crippen LogP contribution in [0, 0.1) is 0 Å². The van der Waals surface area contributed by atoms with Crippen molar-refractivity contribution in [3.05, 3.63) is 12.7 Å². The summed E-state index contributed by atoms with van der Waals surface area (Å²) in [6.07, 6.45) is 1.88. The fourth-order valence-corrected chi connectivity index (χ4v) is 0. The van der Waals surface area contributed by atoms with Gasteiger partial charge in [0.15, 0.2) is 0 Å². The van der Waals surface area contributed by atoms with Gasteiger partial charge in [0.25, 0.3) is 0 Å². The van der Waals surface area contributed by atoms with E-state index < -0.39 is 5.97 Å². The van der Waals surface area contributed by atoms with Gasteiger partial charge in [-0.2, -0.15) is 0 Å². The maximum absolute atomic E-state index is 9.25. The molecule has 0 aromatic rings. The average Bonchev–Trinajstić information content (AvgIpc) is 1.88. The van der Waals surface area contributed by atoms with E-state index in [-0.39, 0.29) is 5.54 Å². The smallest absolute Gasteiger partial charge is 0.327 e. The molecule has 0 aliphatic heterocycles. The van der Waals surface area contributed by atoms with Crippen LogP contribution in [0.15, 0.2) is 12.7 Å². The largest absolute Gasteiger partial charge is 0.478 e. The first kappa shape index (κ1) is 12.8. The maximum Gasteiger partial charge on any atom is 0.327 e. The van der Waals surface area contributed by atoms with Gasteiger partial charge >= 0.3 is 5.97 Å². The summed E-state index contributed by atoms with van der Waals surface area (Å²) in [5, 5.41) is 7.60. The van der Waals surface area contributed by atoms with E-state index in [1.54, 1.807) is 0 Å². The van der Waals surface area contributed by atoms with Crippen molar-refractivity contribution in [2.24, 2.45) is 5.73 Å². The summed E-state index contributed by atoms with van der Waals surface area (Å²) in [6.45, 7) is 9.09. The van der Waals surface area contributed by atoms with Crippen LogP contribution in [0.5, 0.6) is 0 Å². The number of carboxylic acids is 1. The lowest BCUT2D eigenvalue weighted by molar-refractivity contribution is -0.131. The number of nitrogens with two attached hydrogens (primary N) is 1. The van der Waals surface area contributed by atoms with Crippen LogP contribution in [0.25, 0.3) is 0 Å². The van der Waals surface area contributed by atoms with E-state index in [2.05, 4.69) is 13.5 Å². The zero-order valence-electron chi connectivity index (χ0n) is 7.42. The molecule has 3 nitrogen and oxygen atoms in total. The molecule has 0 spiro atoms. The van der Waals surface area contributed by atoms with Crippen LogP contribution >= 0.6 is 0 Å². The third-order valence-corrected chi connectivity index (χ3v) is 1.09. The van der Waals surface area contributed by atoms with Gasteiger partial charge in [-0.3, -0.25) is 0 Å². The Morgan fingerprint density at radius 1 is 1.73 bits per heavy atom. The highest BCUT2D eigenvalue weighted by atomic mass is 16.4. The van der Waals surface area contributed by atoms with Crippen LogP contribution in [-0.4, -0.2) is 16.6 Å². The Morgan fingerprint density at radius 2 is 1.91 bits per heavy atom. The van der Waals surface area contributed by atoms with Crippen molar-refractivity contribution in [1.29, 1.82) is 0 Å². The van der Waals surface area contributed by atoms with Gasteiger partial charge < -0.3 is 10.8 Å². The molecule has 0 bridgehead atoms. The molecule has 0 saturated heterocycles. The first-order chi connectivity index (χ1) is 4.83. The summed E-state index contributed by atoms with van der Waals surface area (Å²) in [5.74, 6) is -0.981. The summed E-state index contributed by atoms with van der Waals surface area (Å²) >= 11 is 0. The van der Waals surface area contributed by atoms with Crippen molar-refractivity contribution in [3.63, 3.8) is 0 Å². The highest BCUT2D eigenvalue weighted by molar-refractivity contribution is 5.78. The Morgan fingerprint density at radius 3 is 1.91 bits per heavy atom. The van der Waals surface area contributed by atoms with E-state index in [4.69, 9.17) is 10.8 Å². The minimum atomic E-state index is -0.981. The number of hydrogen-bond donors (Lipinski definition) is 2. The molecule has 0 aliphatic carbocycles. The fourth-order valence-electron chi connectivity index (χ4n) is 0. The Hall–Kier alpha value is -0.830. The second kappa shape index (κ2) is 5.92. The first-order valence-corrected chi connectivity index (χ1v) is 3.47. The van der Waals surface area contributed by atoms with Crippen molar-refractivity contribution in [3.8, 4) is 0 Å². The molecule has 3 heteroatoms. The van der Waals surface area contributed by atoms with E-state index in [0.717, 1.165) is 12.5 Å². The lowest BCUT2D eigenvalue weighted by Crippen LogP contribution is -2.30. The van der Waals surface area contributed by atoms with E-state index in [1.165, 1.54) is 0 Å². The third kappa shape index (κ3) is 27.1. The second-order valence-corrected chi connectivity index (χ2v) is 2.88. The summed E-state index contributed by atoms with van der Waals surface area (Å²) in [7, 11) is 0. The molecule has 3 N–H and O–H groups in total. The molecule has 0 heterocycles. The monoisotopic (exact) mass is 159 g/mol. The van der Waals surface area contributed by atoms with E-state index in [1.807, 2.05) is 13.8 Å². The van der Waals surface area contributed by atoms with Crippen LogP contribution < -0.4 is 5.73 Å². The van der Waals surface area contributed by atoms with E-state index in [9.17, 15) is 4.79 Å². The number of aliphatic carboxylic acids is 1. The SMILES string of the molecule is C=CC(=O)O.CCC(C)(C)N.